The van der Waals surface area contributed by atoms with Crippen molar-refractivity contribution >= 4 is 17.0 Å². The van der Waals surface area contributed by atoms with E-state index in [4.69, 9.17) is 5.73 Å². The summed E-state index contributed by atoms with van der Waals surface area (Å²) in [6.07, 6.45) is 6.16. The molecule has 0 atom stereocenters. The van der Waals surface area contributed by atoms with Crippen LogP contribution >= 0.6 is 11.3 Å². The minimum absolute atomic E-state index is 0.892. The lowest BCUT2D eigenvalue weighted by atomic mass is 9.89. The van der Waals surface area contributed by atoms with Gasteiger partial charge in [0.1, 0.15) is 0 Å². The Hall–Kier alpha value is -2.06. The van der Waals surface area contributed by atoms with Crippen LogP contribution in [0.5, 0.6) is 0 Å². The molecule has 0 bridgehead atoms. The molecule has 26 heavy (non-hydrogen) atoms. The number of anilines is 1. The normalized spacial score (nSPS) is 13.7. The number of aryl methyl sites for hydroxylation is 4. The summed E-state index contributed by atoms with van der Waals surface area (Å²) >= 11 is 1.89. The van der Waals surface area contributed by atoms with Gasteiger partial charge in [0.05, 0.1) is 0 Å². The van der Waals surface area contributed by atoms with Gasteiger partial charge in [-0.15, -0.1) is 11.3 Å². The first-order chi connectivity index (χ1) is 12.5. The van der Waals surface area contributed by atoms with Crippen LogP contribution in [0.2, 0.25) is 0 Å². The summed E-state index contributed by atoms with van der Waals surface area (Å²) in [6, 6.07) is 11.5. The average Bonchev–Trinajstić information content (AvgIpc) is 3.00. The number of benzene rings is 2. The fourth-order valence-corrected chi connectivity index (χ4v) is 5.18. The van der Waals surface area contributed by atoms with Crippen LogP contribution < -0.4 is 5.73 Å². The molecule has 0 saturated carbocycles. The molecule has 1 aromatic heterocycles. The van der Waals surface area contributed by atoms with Crippen LogP contribution in [0.3, 0.4) is 0 Å². The standard InChI is InChI=1S/C24H27NS/c1-15-11-23(25)16(2)10-21(15)13-24-17(3)22(14-26-24)20-9-8-18-6-4-5-7-19(18)12-20/h8-12,14H,4-7,13,25H2,1-3H3. The third-order valence-electron chi connectivity index (χ3n) is 5.88. The van der Waals surface area contributed by atoms with E-state index in [9.17, 15) is 0 Å². The maximum Gasteiger partial charge on any atom is 0.0346 e. The summed E-state index contributed by atoms with van der Waals surface area (Å²) in [5.74, 6) is 0. The molecule has 0 unspecified atom stereocenters. The van der Waals surface area contributed by atoms with Crippen LogP contribution in [-0.2, 0) is 19.3 Å². The van der Waals surface area contributed by atoms with Crippen molar-refractivity contribution < 1.29 is 0 Å². The second kappa shape index (κ2) is 6.92. The Labute approximate surface area is 160 Å². The maximum atomic E-state index is 6.05. The van der Waals surface area contributed by atoms with E-state index in [0.29, 0.717) is 0 Å². The van der Waals surface area contributed by atoms with Gasteiger partial charge >= 0.3 is 0 Å². The maximum absolute atomic E-state index is 6.05. The van der Waals surface area contributed by atoms with Gasteiger partial charge < -0.3 is 5.73 Å². The van der Waals surface area contributed by atoms with Crippen molar-refractivity contribution in [3.05, 3.63) is 74.0 Å². The molecule has 0 spiro atoms. The minimum Gasteiger partial charge on any atom is -0.399 e. The summed E-state index contributed by atoms with van der Waals surface area (Å²) in [5, 5.41) is 2.34. The molecule has 0 radical (unpaired) electrons. The summed E-state index contributed by atoms with van der Waals surface area (Å²) < 4.78 is 0. The Morgan fingerprint density at radius 3 is 2.50 bits per heavy atom. The summed E-state index contributed by atoms with van der Waals surface area (Å²) in [5.41, 5.74) is 18.1. The Morgan fingerprint density at radius 2 is 1.69 bits per heavy atom. The zero-order valence-electron chi connectivity index (χ0n) is 16.0. The molecule has 0 saturated heterocycles. The highest BCUT2D eigenvalue weighted by atomic mass is 32.1. The van der Waals surface area contributed by atoms with Gasteiger partial charge in [0.15, 0.2) is 0 Å². The Morgan fingerprint density at radius 1 is 0.923 bits per heavy atom. The smallest absolute Gasteiger partial charge is 0.0346 e. The van der Waals surface area contributed by atoms with Crippen LogP contribution in [-0.4, -0.2) is 0 Å². The molecule has 2 heteroatoms. The predicted molar refractivity (Wildman–Crippen MR) is 114 cm³/mol. The van der Waals surface area contributed by atoms with Crippen molar-refractivity contribution in [1.29, 1.82) is 0 Å². The van der Waals surface area contributed by atoms with E-state index in [1.54, 1.807) is 11.1 Å². The van der Waals surface area contributed by atoms with Gasteiger partial charge in [0, 0.05) is 17.0 Å². The van der Waals surface area contributed by atoms with E-state index in [-0.39, 0.29) is 0 Å². The SMILES string of the molecule is Cc1cc(Cc2scc(-c3ccc4c(c3)CCCC4)c2C)c(C)cc1N. The molecule has 1 heterocycles. The summed E-state index contributed by atoms with van der Waals surface area (Å²) in [7, 11) is 0. The van der Waals surface area contributed by atoms with Crippen LogP contribution in [0.25, 0.3) is 11.1 Å². The molecule has 3 aromatic rings. The number of fused-ring (bicyclic) bond motifs is 1. The van der Waals surface area contributed by atoms with Gasteiger partial charge in [-0.05, 0) is 102 Å². The quantitative estimate of drug-likeness (QED) is 0.537. The molecule has 2 N–H and O–H groups in total. The number of nitrogen functional groups attached to an aromatic ring is 1. The van der Waals surface area contributed by atoms with Crippen LogP contribution in [0, 0.1) is 20.8 Å². The molecule has 1 aliphatic rings. The van der Waals surface area contributed by atoms with Gasteiger partial charge in [-0.1, -0.05) is 24.3 Å². The molecule has 0 fully saturated rings. The van der Waals surface area contributed by atoms with E-state index in [0.717, 1.165) is 12.1 Å². The van der Waals surface area contributed by atoms with Crippen molar-refractivity contribution in [2.45, 2.75) is 52.9 Å². The Kier molecular flexibility index (Phi) is 4.62. The van der Waals surface area contributed by atoms with Crippen molar-refractivity contribution in [2.75, 3.05) is 5.73 Å². The monoisotopic (exact) mass is 361 g/mol. The fraction of sp³-hybridized carbons (Fsp3) is 0.333. The number of nitrogens with two attached hydrogens (primary N) is 1. The van der Waals surface area contributed by atoms with Crippen molar-refractivity contribution in [1.82, 2.24) is 0 Å². The minimum atomic E-state index is 0.892. The van der Waals surface area contributed by atoms with E-state index in [1.807, 2.05) is 11.3 Å². The third-order valence-corrected chi connectivity index (χ3v) is 6.96. The third kappa shape index (κ3) is 3.19. The number of rotatable bonds is 3. The second-order valence-electron chi connectivity index (χ2n) is 7.70. The van der Waals surface area contributed by atoms with Crippen molar-refractivity contribution in [3.8, 4) is 11.1 Å². The number of thiophene rings is 1. The molecule has 0 aliphatic heterocycles. The van der Waals surface area contributed by atoms with Crippen LogP contribution in [0.1, 0.15) is 51.1 Å². The van der Waals surface area contributed by atoms with Gasteiger partial charge in [0.2, 0.25) is 0 Å². The fourth-order valence-electron chi connectivity index (χ4n) is 4.08. The Balaban J connectivity index is 1.66. The lowest BCUT2D eigenvalue weighted by Crippen LogP contribution is -2.02. The first-order valence-electron chi connectivity index (χ1n) is 9.57. The van der Waals surface area contributed by atoms with Crippen molar-refractivity contribution in [2.24, 2.45) is 0 Å². The van der Waals surface area contributed by atoms with Gasteiger partial charge in [-0.25, -0.2) is 0 Å². The van der Waals surface area contributed by atoms with Crippen LogP contribution in [0.15, 0.2) is 35.7 Å². The Bertz CT molecular complexity index is 965. The molecule has 0 amide bonds. The van der Waals surface area contributed by atoms with E-state index in [1.165, 1.54) is 63.9 Å². The molecule has 1 aliphatic carbocycles. The van der Waals surface area contributed by atoms with Crippen LogP contribution in [0.4, 0.5) is 5.69 Å². The second-order valence-corrected chi connectivity index (χ2v) is 8.66. The number of hydrogen-bond acceptors (Lipinski definition) is 2. The largest absolute Gasteiger partial charge is 0.399 e. The molecule has 2 aromatic carbocycles. The summed E-state index contributed by atoms with van der Waals surface area (Å²) in [4.78, 5) is 1.46. The van der Waals surface area contributed by atoms with E-state index in [2.05, 4.69) is 56.5 Å². The molecule has 1 nitrogen and oxygen atoms in total. The molecule has 134 valence electrons. The zero-order chi connectivity index (χ0) is 18.3. The lowest BCUT2D eigenvalue weighted by Gasteiger charge is -2.16. The molecular weight excluding hydrogens is 334 g/mol. The highest BCUT2D eigenvalue weighted by molar-refractivity contribution is 7.10. The van der Waals surface area contributed by atoms with Gasteiger partial charge in [0.25, 0.3) is 0 Å². The first-order valence-corrected chi connectivity index (χ1v) is 10.5. The number of hydrogen-bond donors (Lipinski definition) is 1. The average molecular weight is 362 g/mol. The molecular formula is C24H27NS. The molecule has 4 rings (SSSR count). The van der Waals surface area contributed by atoms with Gasteiger partial charge in [-0.3, -0.25) is 0 Å². The highest BCUT2D eigenvalue weighted by Gasteiger charge is 2.15. The topological polar surface area (TPSA) is 26.0 Å². The predicted octanol–water partition coefficient (Wildman–Crippen LogP) is 6.39. The highest BCUT2D eigenvalue weighted by Crippen LogP contribution is 2.35. The lowest BCUT2D eigenvalue weighted by molar-refractivity contribution is 0.686. The van der Waals surface area contributed by atoms with Crippen molar-refractivity contribution in [3.63, 3.8) is 0 Å². The van der Waals surface area contributed by atoms with E-state index >= 15 is 0 Å². The zero-order valence-corrected chi connectivity index (χ0v) is 16.8. The van der Waals surface area contributed by atoms with Gasteiger partial charge in [-0.2, -0.15) is 0 Å². The van der Waals surface area contributed by atoms with E-state index < -0.39 is 0 Å². The summed E-state index contributed by atoms with van der Waals surface area (Å²) in [6.45, 7) is 6.54. The first kappa shape index (κ1) is 17.4.